The first kappa shape index (κ1) is 20.4. The molecule has 0 radical (unpaired) electrons. The second-order valence-electron chi connectivity index (χ2n) is 5.00. The molecule has 0 spiro atoms. The van der Waals surface area contributed by atoms with Crippen molar-refractivity contribution >= 4 is 43.8 Å². The number of anilines is 1. The van der Waals surface area contributed by atoms with Crippen molar-refractivity contribution in [1.29, 1.82) is 0 Å². The molecule has 0 bridgehead atoms. The number of nitrogens with one attached hydrogen (secondary N) is 1. The van der Waals surface area contributed by atoms with Crippen molar-refractivity contribution in [2.45, 2.75) is 15.3 Å². The van der Waals surface area contributed by atoms with Gasteiger partial charge in [-0.3, -0.25) is 4.79 Å². The molecule has 140 valence electrons. The second-order valence-corrected chi connectivity index (χ2v) is 8.90. The molecule has 2 rings (SSSR count). The van der Waals surface area contributed by atoms with Crippen LogP contribution in [0, 0.1) is 0 Å². The fourth-order valence-electron chi connectivity index (χ4n) is 1.89. The van der Waals surface area contributed by atoms with Gasteiger partial charge >= 0.3 is 5.51 Å². The molecule has 11 heteroatoms. The van der Waals surface area contributed by atoms with Crippen molar-refractivity contribution in [2.75, 3.05) is 11.1 Å². The number of rotatable bonds is 5. The lowest BCUT2D eigenvalue weighted by atomic mass is 10.3. The number of carbonyl (C=O) groups excluding carboxylic acids is 1. The lowest BCUT2D eigenvalue weighted by Gasteiger charge is -2.09. The summed E-state index contributed by atoms with van der Waals surface area (Å²) < 4.78 is 72.6. The lowest BCUT2D eigenvalue weighted by Crippen LogP contribution is -2.23. The highest BCUT2D eigenvalue weighted by Gasteiger charge is 2.37. The van der Waals surface area contributed by atoms with Crippen LogP contribution < -0.4 is 5.32 Å². The van der Waals surface area contributed by atoms with Crippen LogP contribution in [0.1, 0.15) is 0 Å². The quantitative estimate of drug-likeness (QED) is 0.796. The zero-order valence-electron chi connectivity index (χ0n) is 12.8. The van der Waals surface area contributed by atoms with E-state index >= 15 is 0 Å². The Morgan fingerprint density at radius 1 is 1.04 bits per heavy atom. The molecule has 2 aromatic carbocycles. The summed E-state index contributed by atoms with van der Waals surface area (Å²) >= 11 is 5.67. The second kappa shape index (κ2) is 7.77. The molecule has 1 unspecified atom stereocenters. The average Bonchev–Trinajstić information content (AvgIpc) is 2.54. The lowest BCUT2D eigenvalue weighted by molar-refractivity contribution is -0.113. The number of carbonyl (C=O) groups is 1. The van der Waals surface area contributed by atoms with E-state index < -0.39 is 42.7 Å². The van der Waals surface area contributed by atoms with Gasteiger partial charge in [0.2, 0.25) is 5.91 Å². The van der Waals surface area contributed by atoms with E-state index in [0.29, 0.717) is 5.02 Å². The maximum atomic E-state index is 12.4. The van der Waals surface area contributed by atoms with Crippen LogP contribution in [0.3, 0.4) is 0 Å². The van der Waals surface area contributed by atoms with Crippen LogP contribution in [0.5, 0.6) is 0 Å². The van der Waals surface area contributed by atoms with Crippen molar-refractivity contribution in [1.82, 2.24) is 0 Å². The predicted octanol–water partition coefficient (Wildman–Crippen LogP) is 3.38. The molecule has 0 aliphatic heterocycles. The van der Waals surface area contributed by atoms with Crippen molar-refractivity contribution in [3.8, 4) is 0 Å². The molecule has 0 heterocycles. The first-order valence-electron chi connectivity index (χ1n) is 6.86. The smallest absolute Gasteiger partial charge is 0.325 e. The highest BCUT2D eigenvalue weighted by atomic mass is 35.5. The predicted molar refractivity (Wildman–Crippen MR) is 91.0 cm³/mol. The van der Waals surface area contributed by atoms with Gasteiger partial charge in [-0.15, -0.1) is 0 Å². The number of hydrogen-bond acceptors (Lipinski definition) is 4. The molecule has 0 aliphatic carbocycles. The van der Waals surface area contributed by atoms with Gasteiger partial charge in [0.05, 0.1) is 4.90 Å². The van der Waals surface area contributed by atoms with Crippen molar-refractivity contribution in [3.05, 3.63) is 53.6 Å². The molecule has 1 atom stereocenters. The summed E-state index contributed by atoms with van der Waals surface area (Å²) in [5, 5.41) is 2.60. The summed E-state index contributed by atoms with van der Waals surface area (Å²) in [6, 6.07) is 9.33. The molecular formula is C15H11ClF3NO4S2. The van der Waals surface area contributed by atoms with E-state index in [1.165, 1.54) is 24.3 Å². The summed E-state index contributed by atoms with van der Waals surface area (Å²) in [4.78, 5) is 11.3. The molecule has 0 aromatic heterocycles. The monoisotopic (exact) mass is 425 g/mol. The van der Waals surface area contributed by atoms with E-state index in [9.17, 15) is 30.6 Å². The maximum absolute atomic E-state index is 12.4. The van der Waals surface area contributed by atoms with Crippen LogP contribution >= 0.6 is 11.6 Å². The van der Waals surface area contributed by atoms with Crippen molar-refractivity contribution in [2.24, 2.45) is 0 Å². The first-order valence-corrected chi connectivity index (χ1v) is 10.0. The SMILES string of the molecule is O=C(CS(=O)(=O)c1ccc(Cl)cc1)Nc1ccc(S(=O)C(F)(F)F)cc1. The summed E-state index contributed by atoms with van der Waals surface area (Å²) in [6.45, 7) is 0. The number of alkyl halides is 3. The maximum Gasteiger partial charge on any atom is 0.475 e. The number of amides is 1. The molecular weight excluding hydrogens is 415 g/mol. The fraction of sp³-hybridized carbons (Fsp3) is 0.133. The van der Waals surface area contributed by atoms with Crippen LogP contribution in [0.15, 0.2) is 58.3 Å². The van der Waals surface area contributed by atoms with Gasteiger partial charge < -0.3 is 5.32 Å². The summed E-state index contributed by atoms with van der Waals surface area (Å²) in [5.41, 5.74) is -4.82. The van der Waals surface area contributed by atoms with Gasteiger partial charge in [0.1, 0.15) is 5.75 Å². The Bertz CT molecular complexity index is 927. The van der Waals surface area contributed by atoms with E-state index in [2.05, 4.69) is 5.32 Å². The summed E-state index contributed by atoms with van der Waals surface area (Å²) in [7, 11) is -7.09. The van der Waals surface area contributed by atoms with E-state index in [1.54, 1.807) is 0 Å². The third kappa shape index (κ3) is 5.29. The Kier molecular flexibility index (Phi) is 6.09. The first-order chi connectivity index (χ1) is 12.0. The van der Waals surface area contributed by atoms with Gasteiger partial charge in [0, 0.05) is 15.6 Å². The minimum Gasteiger partial charge on any atom is -0.325 e. The Hall–Kier alpha value is -1.91. The minimum absolute atomic E-state index is 0.0734. The third-order valence-corrected chi connectivity index (χ3v) is 6.06. The van der Waals surface area contributed by atoms with Gasteiger partial charge in [0.15, 0.2) is 20.6 Å². The average molecular weight is 426 g/mol. The molecule has 5 nitrogen and oxygen atoms in total. The van der Waals surface area contributed by atoms with Crippen molar-refractivity contribution in [3.63, 3.8) is 0 Å². The summed E-state index contributed by atoms with van der Waals surface area (Å²) in [5.74, 6) is -1.73. The number of hydrogen-bond donors (Lipinski definition) is 1. The number of sulfone groups is 1. The van der Waals surface area contributed by atoms with Crippen LogP contribution in [0.2, 0.25) is 5.02 Å². The topological polar surface area (TPSA) is 80.3 Å². The van der Waals surface area contributed by atoms with E-state index in [1.807, 2.05) is 0 Å². The van der Waals surface area contributed by atoms with Crippen LogP contribution in [0.25, 0.3) is 0 Å². The van der Waals surface area contributed by atoms with Gasteiger partial charge in [-0.2, -0.15) is 13.2 Å². The molecule has 1 amide bonds. The van der Waals surface area contributed by atoms with Gasteiger partial charge in [-0.05, 0) is 48.5 Å². The molecule has 26 heavy (non-hydrogen) atoms. The number of halogens is 4. The Balaban J connectivity index is 2.06. The normalized spacial score (nSPS) is 13.2. The van der Waals surface area contributed by atoms with Gasteiger partial charge in [0.25, 0.3) is 0 Å². The molecule has 0 saturated carbocycles. The zero-order chi connectivity index (χ0) is 19.5. The summed E-state index contributed by atoms with van der Waals surface area (Å²) in [6.07, 6.45) is 0. The van der Waals surface area contributed by atoms with Crippen molar-refractivity contribution < 1.29 is 30.6 Å². The molecule has 1 N–H and O–H groups in total. The Morgan fingerprint density at radius 3 is 2.08 bits per heavy atom. The third-order valence-electron chi connectivity index (χ3n) is 3.06. The van der Waals surface area contributed by atoms with Crippen LogP contribution in [-0.2, 0) is 25.4 Å². The number of benzene rings is 2. The molecule has 0 saturated heterocycles. The van der Waals surface area contributed by atoms with Crippen LogP contribution in [-0.4, -0.2) is 29.8 Å². The van der Waals surface area contributed by atoms with Crippen LogP contribution in [0.4, 0.5) is 18.9 Å². The Morgan fingerprint density at radius 2 is 1.58 bits per heavy atom. The van der Waals surface area contributed by atoms with E-state index in [0.717, 1.165) is 24.3 Å². The van der Waals surface area contributed by atoms with E-state index in [4.69, 9.17) is 11.6 Å². The highest BCUT2D eigenvalue weighted by molar-refractivity contribution is 7.92. The standard InChI is InChI=1S/C15H11ClF3NO4S2/c16-10-1-7-13(8-2-10)26(23,24)9-14(21)20-11-3-5-12(6-4-11)25(22)15(17,18)19/h1-8H,9H2,(H,20,21). The molecule has 0 fully saturated rings. The highest BCUT2D eigenvalue weighted by Crippen LogP contribution is 2.27. The molecule has 2 aromatic rings. The largest absolute Gasteiger partial charge is 0.475 e. The Labute approximate surface area is 154 Å². The molecule has 0 aliphatic rings. The van der Waals surface area contributed by atoms with E-state index in [-0.39, 0.29) is 10.6 Å². The zero-order valence-corrected chi connectivity index (χ0v) is 15.2. The fourth-order valence-corrected chi connectivity index (χ4v) is 3.80. The van der Waals surface area contributed by atoms with Gasteiger partial charge in [-0.25, -0.2) is 12.6 Å². The van der Waals surface area contributed by atoms with Gasteiger partial charge in [-0.1, -0.05) is 11.6 Å². The minimum atomic E-state index is -4.89.